The molecule has 1 amide bonds. The van der Waals surface area contributed by atoms with Gasteiger partial charge >= 0.3 is 0 Å². The van der Waals surface area contributed by atoms with Crippen LogP contribution in [0, 0.1) is 0 Å². The molecule has 0 N–H and O–H groups in total. The van der Waals surface area contributed by atoms with E-state index in [9.17, 15) is 4.79 Å². The zero-order valence-electron chi connectivity index (χ0n) is 15.3. The summed E-state index contributed by atoms with van der Waals surface area (Å²) in [5.41, 5.74) is -0.230. The minimum Gasteiger partial charge on any atom is -0.329 e. The molecule has 2 heteroatoms. The van der Waals surface area contributed by atoms with E-state index in [4.69, 9.17) is 0 Å². The Morgan fingerprint density at radius 3 is 1.57 bits per heavy atom. The van der Waals surface area contributed by atoms with Gasteiger partial charge in [-0.3, -0.25) is 4.79 Å². The molecule has 0 aliphatic heterocycles. The molecule has 0 saturated carbocycles. The van der Waals surface area contributed by atoms with Crippen LogP contribution in [0.3, 0.4) is 0 Å². The van der Waals surface area contributed by atoms with Crippen LogP contribution in [0.2, 0.25) is 0 Å². The van der Waals surface area contributed by atoms with Gasteiger partial charge in [0.25, 0.3) is 0 Å². The maximum atomic E-state index is 12.5. The lowest BCUT2D eigenvalue weighted by Gasteiger charge is -2.49. The van der Waals surface area contributed by atoms with Gasteiger partial charge in [0, 0.05) is 11.1 Å². The van der Waals surface area contributed by atoms with E-state index < -0.39 is 0 Å². The number of amides is 1. The summed E-state index contributed by atoms with van der Waals surface area (Å²) in [6, 6.07) is 0. The summed E-state index contributed by atoms with van der Waals surface area (Å²) in [7, 11) is 0. The van der Waals surface area contributed by atoms with Crippen LogP contribution in [0.25, 0.3) is 0 Å². The molecule has 0 spiro atoms. The molecule has 0 atom stereocenters. The van der Waals surface area contributed by atoms with Gasteiger partial charge in [-0.1, -0.05) is 59.0 Å². The van der Waals surface area contributed by atoms with E-state index in [-0.39, 0.29) is 17.0 Å². The second kappa shape index (κ2) is 9.27. The average Bonchev–Trinajstić information content (AvgIpc) is 2.38. The molecule has 2 nitrogen and oxygen atoms in total. The summed E-state index contributed by atoms with van der Waals surface area (Å²) in [4.78, 5) is 14.6. The minimum atomic E-state index is -0.115. The van der Waals surface area contributed by atoms with E-state index in [0.29, 0.717) is 0 Å². The molecule has 0 heterocycles. The Bertz CT molecular complexity index is 296. The summed E-state index contributed by atoms with van der Waals surface area (Å²) in [5, 5.41) is 0. The molecule has 124 valence electrons. The predicted octanol–water partition coefficient (Wildman–Crippen LogP) is 5.72. The van der Waals surface area contributed by atoms with Crippen LogP contribution < -0.4 is 0 Å². The van der Waals surface area contributed by atoms with Gasteiger partial charge in [-0.05, 0) is 46.6 Å². The Balaban J connectivity index is 5.07. The van der Waals surface area contributed by atoms with Crippen molar-refractivity contribution in [3.8, 4) is 0 Å². The van der Waals surface area contributed by atoms with Crippen LogP contribution >= 0.6 is 0 Å². The molecule has 0 aromatic rings. The number of hydrogen-bond acceptors (Lipinski definition) is 1. The maximum Gasteiger partial charge on any atom is 0.246 e. The Hall–Kier alpha value is -0.790. The van der Waals surface area contributed by atoms with Crippen molar-refractivity contribution < 1.29 is 4.79 Å². The monoisotopic (exact) mass is 295 g/mol. The predicted molar refractivity (Wildman–Crippen MR) is 93.5 cm³/mol. The third-order valence-electron chi connectivity index (χ3n) is 4.39. The molecule has 0 radical (unpaired) electrons. The first-order valence-electron chi connectivity index (χ1n) is 8.69. The fourth-order valence-electron chi connectivity index (χ4n) is 3.35. The van der Waals surface area contributed by atoms with Crippen LogP contribution in [0.4, 0.5) is 0 Å². The fourth-order valence-corrected chi connectivity index (χ4v) is 3.35. The quantitative estimate of drug-likeness (QED) is 0.353. The Morgan fingerprint density at radius 2 is 1.29 bits per heavy atom. The van der Waals surface area contributed by atoms with Crippen LogP contribution in [0.5, 0.6) is 0 Å². The van der Waals surface area contributed by atoms with Gasteiger partial charge in [0.2, 0.25) is 5.91 Å². The summed E-state index contributed by atoms with van der Waals surface area (Å²) in [6.45, 7) is 16.9. The average molecular weight is 296 g/mol. The number of nitrogens with zero attached hydrogens (tertiary/aromatic N) is 1. The number of rotatable bonds is 11. The maximum absolute atomic E-state index is 12.5. The van der Waals surface area contributed by atoms with Crippen LogP contribution in [-0.2, 0) is 4.79 Å². The van der Waals surface area contributed by atoms with Gasteiger partial charge < -0.3 is 4.90 Å². The van der Waals surface area contributed by atoms with Gasteiger partial charge in [0.05, 0.1) is 0 Å². The zero-order valence-corrected chi connectivity index (χ0v) is 15.3. The van der Waals surface area contributed by atoms with Gasteiger partial charge in [0.15, 0.2) is 0 Å². The van der Waals surface area contributed by atoms with Crippen molar-refractivity contribution in [2.75, 3.05) is 0 Å². The van der Waals surface area contributed by atoms with E-state index in [0.717, 1.165) is 12.8 Å². The third-order valence-corrected chi connectivity index (χ3v) is 4.39. The van der Waals surface area contributed by atoms with Crippen molar-refractivity contribution in [2.45, 2.75) is 104 Å². The van der Waals surface area contributed by atoms with Crippen molar-refractivity contribution in [1.82, 2.24) is 4.90 Å². The Labute approximate surface area is 133 Å². The first-order valence-corrected chi connectivity index (χ1v) is 8.69. The summed E-state index contributed by atoms with van der Waals surface area (Å²) >= 11 is 0. The molecule has 0 aromatic carbocycles. The van der Waals surface area contributed by atoms with E-state index in [1.54, 1.807) is 0 Å². The molecule has 0 aliphatic carbocycles. The fraction of sp³-hybridized carbons (Fsp3) is 0.842. The van der Waals surface area contributed by atoms with Crippen LogP contribution in [0.15, 0.2) is 12.7 Å². The molecule has 0 aliphatic rings. The first kappa shape index (κ1) is 20.2. The first-order chi connectivity index (χ1) is 9.72. The SMILES string of the molecule is C=CC(=O)N(C(C)(C)CCCCC)C(C)(C)CCCCC. The third kappa shape index (κ3) is 6.67. The van der Waals surface area contributed by atoms with E-state index in [1.807, 2.05) is 0 Å². The van der Waals surface area contributed by atoms with Crippen LogP contribution in [0.1, 0.15) is 92.9 Å². The molecule has 0 unspecified atom stereocenters. The Morgan fingerprint density at radius 1 is 0.905 bits per heavy atom. The van der Waals surface area contributed by atoms with Crippen molar-refractivity contribution in [1.29, 1.82) is 0 Å². The van der Waals surface area contributed by atoms with E-state index in [2.05, 4.69) is 53.0 Å². The molecule has 0 saturated heterocycles. The van der Waals surface area contributed by atoms with Crippen LogP contribution in [-0.4, -0.2) is 21.9 Å². The number of carbonyl (C=O) groups is 1. The molecule has 21 heavy (non-hydrogen) atoms. The lowest BCUT2D eigenvalue weighted by molar-refractivity contribution is -0.139. The number of hydrogen-bond donors (Lipinski definition) is 0. The van der Waals surface area contributed by atoms with Gasteiger partial charge in [-0.2, -0.15) is 0 Å². The van der Waals surface area contributed by atoms with Gasteiger partial charge in [-0.15, -0.1) is 0 Å². The summed E-state index contributed by atoms with van der Waals surface area (Å²) < 4.78 is 0. The van der Waals surface area contributed by atoms with Crippen molar-refractivity contribution in [2.24, 2.45) is 0 Å². The number of carbonyl (C=O) groups excluding carboxylic acids is 1. The van der Waals surface area contributed by atoms with Crippen molar-refractivity contribution in [3.05, 3.63) is 12.7 Å². The topological polar surface area (TPSA) is 20.3 Å². The molecule has 0 fully saturated rings. The second-order valence-corrected chi connectivity index (χ2v) is 7.42. The van der Waals surface area contributed by atoms with E-state index >= 15 is 0 Å². The molecular formula is C19H37NO. The summed E-state index contributed by atoms with van der Waals surface area (Å²) in [6.07, 6.45) is 10.8. The normalized spacial score (nSPS) is 12.3. The van der Waals surface area contributed by atoms with E-state index in [1.165, 1.54) is 44.6 Å². The number of unbranched alkanes of at least 4 members (excludes halogenated alkanes) is 4. The highest BCUT2D eigenvalue weighted by molar-refractivity contribution is 5.88. The minimum absolute atomic E-state index is 0.0676. The molecule has 0 bridgehead atoms. The Kier molecular flexibility index (Phi) is 8.92. The largest absolute Gasteiger partial charge is 0.329 e. The standard InChI is InChI=1S/C19H37NO/c1-8-11-13-15-18(4,5)20(17(21)10-3)19(6,7)16-14-12-9-2/h10H,3,8-9,11-16H2,1-2,4-7H3. The molecular weight excluding hydrogens is 258 g/mol. The zero-order chi connectivity index (χ0) is 16.5. The highest BCUT2D eigenvalue weighted by Gasteiger charge is 2.39. The highest BCUT2D eigenvalue weighted by Crippen LogP contribution is 2.33. The lowest BCUT2D eigenvalue weighted by atomic mass is 9.85. The van der Waals surface area contributed by atoms with Crippen molar-refractivity contribution >= 4 is 5.91 Å². The van der Waals surface area contributed by atoms with Gasteiger partial charge in [0.1, 0.15) is 0 Å². The molecule has 0 rings (SSSR count). The highest BCUT2D eigenvalue weighted by atomic mass is 16.2. The van der Waals surface area contributed by atoms with Crippen molar-refractivity contribution in [3.63, 3.8) is 0 Å². The smallest absolute Gasteiger partial charge is 0.246 e. The molecule has 0 aromatic heterocycles. The second-order valence-electron chi connectivity index (χ2n) is 7.42. The summed E-state index contributed by atoms with van der Waals surface area (Å²) in [5.74, 6) is 0.0676. The lowest BCUT2D eigenvalue weighted by Crippen LogP contribution is -2.57. The van der Waals surface area contributed by atoms with Gasteiger partial charge in [-0.25, -0.2) is 0 Å².